The highest BCUT2D eigenvalue weighted by Gasteiger charge is 2.26. The van der Waals surface area contributed by atoms with Crippen molar-refractivity contribution in [3.63, 3.8) is 0 Å². The molecule has 0 saturated carbocycles. The van der Waals surface area contributed by atoms with E-state index in [1.165, 1.54) is 0 Å². The highest BCUT2D eigenvalue weighted by Crippen LogP contribution is 2.32. The zero-order chi connectivity index (χ0) is 27.5. The predicted octanol–water partition coefficient (Wildman–Crippen LogP) is 4.84. The van der Waals surface area contributed by atoms with Crippen molar-refractivity contribution in [2.45, 2.75) is 28.7 Å². The molecule has 3 heterocycles. The van der Waals surface area contributed by atoms with E-state index < -0.39 is 6.10 Å². The first-order valence-corrected chi connectivity index (χ1v) is 14.4. The molecule has 40 heavy (non-hydrogen) atoms. The molecule has 3 aromatic carbocycles. The van der Waals surface area contributed by atoms with Crippen molar-refractivity contribution in [1.82, 2.24) is 15.1 Å². The first kappa shape index (κ1) is 26.4. The van der Waals surface area contributed by atoms with Crippen molar-refractivity contribution in [3.8, 4) is 0 Å². The number of nitrogens with zero attached hydrogens (tertiary/aromatic N) is 3. The number of ether oxygens (including phenoxy) is 1. The molecule has 2 aliphatic heterocycles. The summed E-state index contributed by atoms with van der Waals surface area (Å²) in [5.41, 5.74) is 2.63. The summed E-state index contributed by atoms with van der Waals surface area (Å²) in [6, 6.07) is 21.7. The molecule has 4 aromatic rings. The zero-order valence-electron chi connectivity index (χ0n) is 22.4. The molecule has 2 aliphatic rings. The number of anilines is 3. The lowest BCUT2D eigenvalue weighted by molar-refractivity contribution is -0.124. The summed E-state index contributed by atoms with van der Waals surface area (Å²) in [6.45, 7) is 4.24. The summed E-state index contributed by atoms with van der Waals surface area (Å²) >= 11 is 1.64. The van der Waals surface area contributed by atoms with E-state index in [0.717, 1.165) is 59.0 Å². The third-order valence-electron chi connectivity index (χ3n) is 7.34. The molecule has 0 radical (unpaired) electrons. The topological polar surface area (TPSA) is 103 Å². The molecule has 0 aliphatic carbocycles. The Hall–Kier alpha value is -3.86. The van der Waals surface area contributed by atoms with Gasteiger partial charge in [-0.05, 0) is 68.4 Å². The molecule has 9 nitrogen and oxygen atoms in total. The summed E-state index contributed by atoms with van der Waals surface area (Å²) in [4.78, 5) is 33.3. The number of amides is 2. The van der Waals surface area contributed by atoms with Crippen LogP contribution in [0, 0.1) is 0 Å². The van der Waals surface area contributed by atoms with E-state index in [-0.39, 0.29) is 11.8 Å². The highest BCUT2D eigenvalue weighted by atomic mass is 32.2. The molecule has 0 bridgehead atoms. The molecule has 2 amide bonds. The summed E-state index contributed by atoms with van der Waals surface area (Å²) in [5, 5.41) is 14.1. The van der Waals surface area contributed by atoms with Crippen LogP contribution < -0.4 is 15.5 Å². The molecule has 2 fully saturated rings. The van der Waals surface area contributed by atoms with Gasteiger partial charge >= 0.3 is 0 Å². The van der Waals surface area contributed by atoms with Gasteiger partial charge in [0.25, 0.3) is 11.8 Å². The normalized spacial score (nSPS) is 17.7. The van der Waals surface area contributed by atoms with Crippen LogP contribution in [0.3, 0.4) is 0 Å². The smallest absolute Gasteiger partial charge is 0.258 e. The fraction of sp³-hybridized carbons (Fsp3) is 0.300. The average Bonchev–Trinajstić information content (AvgIpc) is 3.65. The van der Waals surface area contributed by atoms with E-state index in [1.54, 1.807) is 17.8 Å². The Balaban J connectivity index is 1.26. The van der Waals surface area contributed by atoms with E-state index in [0.29, 0.717) is 30.1 Å². The van der Waals surface area contributed by atoms with Crippen LogP contribution in [-0.2, 0) is 9.53 Å². The molecule has 10 heteroatoms. The Kier molecular flexibility index (Phi) is 7.72. The van der Waals surface area contributed by atoms with Crippen LogP contribution in [0.4, 0.5) is 17.2 Å². The molecule has 206 valence electrons. The molecule has 2 saturated heterocycles. The Morgan fingerprint density at radius 3 is 2.58 bits per heavy atom. The number of rotatable bonds is 7. The van der Waals surface area contributed by atoms with Gasteiger partial charge in [0.15, 0.2) is 5.82 Å². The highest BCUT2D eigenvalue weighted by molar-refractivity contribution is 7.99. The first-order valence-electron chi connectivity index (χ1n) is 13.6. The second kappa shape index (κ2) is 11.7. The lowest BCUT2D eigenvalue weighted by Crippen LogP contribution is -2.44. The van der Waals surface area contributed by atoms with Crippen molar-refractivity contribution < 1.29 is 14.3 Å². The molecule has 1 aromatic heterocycles. The summed E-state index contributed by atoms with van der Waals surface area (Å²) < 4.78 is 5.59. The fourth-order valence-electron chi connectivity index (χ4n) is 5.04. The van der Waals surface area contributed by atoms with Crippen LogP contribution >= 0.6 is 11.8 Å². The number of benzene rings is 3. The molecule has 1 atom stereocenters. The van der Waals surface area contributed by atoms with Gasteiger partial charge in [0.05, 0.1) is 16.8 Å². The van der Waals surface area contributed by atoms with Crippen molar-refractivity contribution in [3.05, 3.63) is 72.3 Å². The van der Waals surface area contributed by atoms with Crippen LogP contribution in [-0.4, -0.2) is 72.8 Å². The lowest BCUT2D eigenvalue weighted by atomic mass is 10.1. The number of carbonyl (C=O) groups is 2. The van der Waals surface area contributed by atoms with Crippen molar-refractivity contribution in [2.24, 2.45) is 0 Å². The molecule has 1 unspecified atom stereocenters. The van der Waals surface area contributed by atoms with Gasteiger partial charge in [-0.15, -0.1) is 0 Å². The first-order chi connectivity index (χ1) is 19.5. The molecule has 6 rings (SSSR count). The van der Waals surface area contributed by atoms with Crippen LogP contribution in [0.25, 0.3) is 10.9 Å². The van der Waals surface area contributed by atoms with Crippen LogP contribution in [0.2, 0.25) is 0 Å². The minimum atomic E-state index is -0.501. The van der Waals surface area contributed by atoms with E-state index in [9.17, 15) is 9.59 Å². The zero-order valence-corrected chi connectivity index (χ0v) is 23.2. The van der Waals surface area contributed by atoms with E-state index in [2.05, 4.69) is 49.8 Å². The molecule has 3 N–H and O–H groups in total. The third kappa shape index (κ3) is 5.84. The number of aromatic amines is 1. The van der Waals surface area contributed by atoms with E-state index in [4.69, 9.17) is 4.74 Å². The molecular formula is C30H32N6O3S. The summed E-state index contributed by atoms with van der Waals surface area (Å²) in [6.07, 6.45) is 1.02. The minimum Gasteiger partial charge on any atom is -0.369 e. The quantitative estimate of drug-likeness (QED) is 0.300. The second-order valence-corrected chi connectivity index (χ2v) is 11.3. The fourth-order valence-corrected chi connectivity index (χ4v) is 5.92. The number of carbonyl (C=O) groups excluding carboxylic acids is 2. The number of fused-ring (bicyclic) bond motifs is 1. The maximum atomic E-state index is 13.6. The van der Waals surface area contributed by atoms with Gasteiger partial charge in [-0.2, -0.15) is 5.10 Å². The Bertz CT molecular complexity index is 1510. The van der Waals surface area contributed by atoms with E-state index >= 15 is 0 Å². The van der Waals surface area contributed by atoms with Crippen LogP contribution in [0.1, 0.15) is 23.2 Å². The third-order valence-corrected chi connectivity index (χ3v) is 8.34. The number of hydrogen-bond acceptors (Lipinski definition) is 7. The van der Waals surface area contributed by atoms with Gasteiger partial charge in [-0.3, -0.25) is 14.7 Å². The number of hydrogen-bond donors (Lipinski definition) is 3. The number of aromatic nitrogens is 2. The van der Waals surface area contributed by atoms with Gasteiger partial charge in [0.2, 0.25) is 0 Å². The Morgan fingerprint density at radius 1 is 0.975 bits per heavy atom. The monoisotopic (exact) mass is 556 g/mol. The maximum absolute atomic E-state index is 13.6. The molecule has 0 spiro atoms. The van der Waals surface area contributed by atoms with Crippen molar-refractivity contribution >= 4 is 51.7 Å². The number of likely N-dealkylation sites (N-methyl/N-ethyl adjacent to an activating group) is 1. The van der Waals surface area contributed by atoms with Gasteiger partial charge in [0.1, 0.15) is 6.10 Å². The Labute approximate surface area is 237 Å². The second-order valence-electron chi connectivity index (χ2n) is 10.2. The van der Waals surface area contributed by atoms with Gasteiger partial charge < -0.3 is 25.2 Å². The maximum Gasteiger partial charge on any atom is 0.258 e. The van der Waals surface area contributed by atoms with Crippen molar-refractivity contribution in [1.29, 1.82) is 0 Å². The van der Waals surface area contributed by atoms with Gasteiger partial charge in [0, 0.05) is 53.7 Å². The number of H-pyrrole nitrogens is 1. The largest absolute Gasteiger partial charge is 0.369 e. The van der Waals surface area contributed by atoms with E-state index in [1.807, 2.05) is 48.5 Å². The number of nitrogens with one attached hydrogen (secondary N) is 3. The summed E-state index contributed by atoms with van der Waals surface area (Å²) in [5.74, 6) is -0.132. The predicted molar refractivity (Wildman–Crippen MR) is 158 cm³/mol. The van der Waals surface area contributed by atoms with Crippen LogP contribution in [0.15, 0.2) is 76.5 Å². The number of piperazine rings is 1. The lowest BCUT2D eigenvalue weighted by Gasteiger charge is -2.34. The standard InChI is InChI=1S/C30H32N6O3S/c1-35-13-15-36(16-14-35)20-9-11-23(26(18-20)31-30(38)27-8-5-17-39-27)29(37)32-28-24-19-22(10-12-25(24)33-34-28)40-21-6-3-2-4-7-21/h2-4,6-7,9-12,18-19,27H,5,8,13-17H2,1H3,(H,31,38)(H2,32,33,34,37). The average molecular weight is 557 g/mol. The van der Waals surface area contributed by atoms with Gasteiger partial charge in [-0.1, -0.05) is 30.0 Å². The minimum absolute atomic E-state index is 0.227. The van der Waals surface area contributed by atoms with Crippen LogP contribution in [0.5, 0.6) is 0 Å². The molecular weight excluding hydrogens is 524 g/mol. The SMILES string of the molecule is CN1CCN(c2ccc(C(=O)Nc3n[nH]c4ccc(Sc5ccccc5)cc34)c(NC(=O)C3CCCO3)c2)CC1. The Morgan fingerprint density at radius 2 is 1.80 bits per heavy atom. The van der Waals surface area contributed by atoms with Gasteiger partial charge in [-0.25, -0.2) is 0 Å². The summed E-state index contributed by atoms with van der Waals surface area (Å²) in [7, 11) is 2.11. The van der Waals surface area contributed by atoms with Crippen molar-refractivity contribution in [2.75, 3.05) is 55.4 Å².